The average molecular weight is 368 g/mol. The molecule has 2 aliphatic rings. The summed E-state index contributed by atoms with van der Waals surface area (Å²) in [5.74, 6) is 0.641. The van der Waals surface area contributed by atoms with Gasteiger partial charge in [0.1, 0.15) is 5.69 Å². The predicted molar refractivity (Wildman–Crippen MR) is 106 cm³/mol. The Kier molecular flexibility index (Phi) is 5.25. The lowest BCUT2D eigenvalue weighted by Crippen LogP contribution is -2.49. The lowest BCUT2D eigenvalue weighted by Gasteiger charge is -2.36. The summed E-state index contributed by atoms with van der Waals surface area (Å²) in [5.41, 5.74) is 3.28. The van der Waals surface area contributed by atoms with Gasteiger partial charge in [-0.15, -0.1) is 0 Å². The summed E-state index contributed by atoms with van der Waals surface area (Å²) in [6.45, 7) is 6.22. The van der Waals surface area contributed by atoms with Crippen molar-refractivity contribution in [2.45, 2.75) is 45.6 Å². The van der Waals surface area contributed by atoms with Crippen LogP contribution in [0.1, 0.15) is 43.9 Å². The molecule has 6 nitrogen and oxygen atoms in total. The van der Waals surface area contributed by atoms with Crippen molar-refractivity contribution in [3.05, 3.63) is 39.8 Å². The molecule has 1 amide bonds. The summed E-state index contributed by atoms with van der Waals surface area (Å²) in [5, 5.41) is 0. The van der Waals surface area contributed by atoms with Gasteiger partial charge < -0.3 is 9.88 Å². The number of rotatable bonds is 4. The van der Waals surface area contributed by atoms with Gasteiger partial charge in [0.15, 0.2) is 0 Å². The first-order valence-corrected chi connectivity index (χ1v) is 10.2. The number of piperazine rings is 1. The molecular formula is C21H28N4O2. The highest BCUT2D eigenvalue weighted by Gasteiger charge is 2.29. The van der Waals surface area contributed by atoms with Gasteiger partial charge in [-0.1, -0.05) is 25.8 Å². The molecule has 0 unspecified atom stereocenters. The highest BCUT2D eigenvalue weighted by Crippen LogP contribution is 2.27. The van der Waals surface area contributed by atoms with E-state index in [0.717, 1.165) is 56.6 Å². The number of nitrogens with one attached hydrogen (secondary N) is 1. The minimum atomic E-state index is -0.0961. The zero-order chi connectivity index (χ0) is 18.8. The summed E-state index contributed by atoms with van der Waals surface area (Å²) < 4.78 is 0. The fourth-order valence-electron chi connectivity index (χ4n) is 4.32. The molecule has 0 bridgehead atoms. The van der Waals surface area contributed by atoms with Crippen LogP contribution in [0.5, 0.6) is 0 Å². The van der Waals surface area contributed by atoms with Crippen LogP contribution in [-0.2, 0) is 17.8 Å². The molecule has 2 fully saturated rings. The van der Waals surface area contributed by atoms with Crippen LogP contribution in [0.25, 0.3) is 11.0 Å². The molecule has 2 heterocycles. The molecule has 2 aromatic rings. The van der Waals surface area contributed by atoms with Gasteiger partial charge in [-0.3, -0.25) is 14.5 Å². The quantitative estimate of drug-likeness (QED) is 0.899. The number of hydrogen-bond donors (Lipinski definition) is 1. The third-order valence-electron chi connectivity index (χ3n) is 5.96. The Morgan fingerprint density at radius 3 is 2.63 bits per heavy atom. The van der Waals surface area contributed by atoms with Crippen molar-refractivity contribution in [3.8, 4) is 0 Å². The summed E-state index contributed by atoms with van der Waals surface area (Å²) in [4.78, 5) is 36.4. The van der Waals surface area contributed by atoms with Gasteiger partial charge >= 0.3 is 0 Å². The number of amides is 1. The van der Waals surface area contributed by atoms with Gasteiger partial charge in [0.2, 0.25) is 5.91 Å². The molecule has 1 saturated carbocycles. The van der Waals surface area contributed by atoms with Crippen molar-refractivity contribution in [2.75, 3.05) is 26.2 Å². The number of fused-ring (bicyclic) bond motifs is 1. The largest absolute Gasteiger partial charge is 0.340 e. The molecule has 1 aromatic carbocycles. The number of aromatic amines is 1. The summed E-state index contributed by atoms with van der Waals surface area (Å²) in [7, 11) is 0. The van der Waals surface area contributed by atoms with Crippen LogP contribution < -0.4 is 5.56 Å². The average Bonchev–Trinajstić information content (AvgIpc) is 3.22. The summed E-state index contributed by atoms with van der Waals surface area (Å²) in [6, 6.07) is 6.10. The highest BCUT2D eigenvalue weighted by atomic mass is 16.2. The smallest absolute Gasteiger partial charge is 0.270 e. The zero-order valence-electron chi connectivity index (χ0n) is 16.0. The van der Waals surface area contributed by atoms with Crippen LogP contribution in [0.4, 0.5) is 0 Å². The van der Waals surface area contributed by atoms with Gasteiger partial charge in [-0.2, -0.15) is 0 Å². The van der Waals surface area contributed by atoms with Crippen molar-refractivity contribution in [3.63, 3.8) is 0 Å². The topological polar surface area (TPSA) is 69.3 Å². The normalized spacial score (nSPS) is 19.1. The fraction of sp³-hybridized carbons (Fsp3) is 0.571. The Labute approximate surface area is 159 Å². The molecule has 0 radical (unpaired) electrons. The number of H-pyrrole nitrogens is 1. The standard InChI is InChI=1S/C21H28N4O2/c1-2-17-20(26)23-19-13-15(7-8-18(19)22-17)14-24-9-11-25(12-10-24)21(27)16-5-3-4-6-16/h7-8,13,16H,2-6,9-12,14H2,1H3,(H,23,26). The molecule has 1 aliphatic carbocycles. The second kappa shape index (κ2) is 7.80. The fourth-order valence-corrected chi connectivity index (χ4v) is 4.32. The van der Waals surface area contributed by atoms with Crippen molar-refractivity contribution >= 4 is 16.9 Å². The SMILES string of the molecule is CCc1nc2ccc(CN3CCN(C(=O)C4CCCC4)CC3)cc2[nH]c1=O. The van der Waals surface area contributed by atoms with Gasteiger partial charge in [0.25, 0.3) is 5.56 Å². The number of aryl methyl sites for hydroxylation is 1. The summed E-state index contributed by atoms with van der Waals surface area (Å²) in [6.07, 6.45) is 5.19. The molecule has 0 spiro atoms. The first-order chi connectivity index (χ1) is 13.1. The zero-order valence-corrected chi connectivity index (χ0v) is 16.0. The second-order valence-corrected chi connectivity index (χ2v) is 7.80. The lowest BCUT2D eigenvalue weighted by atomic mass is 10.1. The van der Waals surface area contributed by atoms with Gasteiger partial charge in [0.05, 0.1) is 11.0 Å². The van der Waals surface area contributed by atoms with Gasteiger partial charge in [-0.25, -0.2) is 4.98 Å². The maximum Gasteiger partial charge on any atom is 0.270 e. The number of benzene rings is 1. The molecule has 1 saturated heterocycles. The van der Waals surface area contributed by atoms with E-state index in [0.29, 0.717) is 18.0 Å². The monoisotopic (exact) mass is 368 g/mol. The van der Waals surface area contributed by atoms with E-state index in [4.69, 9.17) is 0 Å². The van der Waals surface area contributed by atoms with E-state index in [-0.39, 0.29) is 11.5 Å². The van der Waals surface area contributed by atoms with Gasteiger partial charge in [-0.05, 0) is 37.0 Å². The molecule has 144 valence electrons. The first kappa shape index (κ1) is 18.2. The van der Waals surface area contributed by atoms with E-state index in [1.807, 2.05) is 19.1 Å². The van der Waals surface area contributed by atoms with Crippen LogP contribution >= 0.6 is 0 Å². The Morgan fingerprint density at radius 1 is 1.19 bits per heavy atom. The molecule has 1 aromatic heterocycles. The third kappa shape index (κ3) is 3.90. The predicted octanol–water partition coefficient (Wildman–Crippen LogP) is 2.32. The number of aromatic nitrogens is 2. The van der Waals surface area contributed by atoms with E-state index in [1.54, 1.807) is 0 Å². The Bertz CT molecular complexity index is 877. The van der Waals surface area contributed by atoms with Crippen molar-refractivity contribution in [1.29, 1.82) is 0 Å². The van der Waals surface area contributed by atoms with Crippen LogP contribution in [0.2, 0.25) is 0 Å². The maximum atomic E-state index is 12.6. The maximum absolute atomic E-state index is 12.6. The minimum absolute atomic E-state index is 0.0961. The molecule has 27 heavy (non-hydrogen) atoms. The van der Waals surface area contributed by atoms with E-state index >= 15 is 0 Å². The molecule has 1 N–H and O–H groups in total. The van der Waals surface area contributed by atoms with Crippen molar-refractivity contribution in [2.24, 2.45) is 5.92 Å². The van der Waals surface area contributed by atoms with E-state index < -0.39 is 0 Å². The van der Waals surface area contributed by atoms with Crippen LogP contribution in [0, 0.1) is 5.92 Å². The molecule has 6 heteroatoms. The molecule has 0 atom stereocenters. The van der Waals surface area contributed by atoms with E-state index in [9.17, 15) is 9.59 Å². The van der Waals surface area contributed by atoms with Crippen LogP contribution in [0.15, 0.2) is 23.0 Å². The van der Waals surface area contributed by atoms with Gasteiger partial charge in [0, 0.05) is 38.6 Å². The number of nitrogens with zero attached hydrogens (tertiary/aromatic N) is 3. The third-order valence-corrected chi connectivity index (χ3v) is 5.96. The van der Waals surface area contributed by atoms with E-state index in [2.05, 4.69) is 25.8 Å². The number of carbonyl (C=O) groups is 1. The molecule has 4 rings (SSSR count). The van der Waals surface area contributed by atoms with Crippen LogP contribution in [-0.4, -0.2) is 51.9 Å². The minimum Gasteiger partial charge on any atom is -0.340 e. The highest BCUT2D eigenvalue weighted by molar-refractivity contribution is 5.79. The summed E-state index contributed by atoms with van der Waals surface area (Å²) >= 11 is 0. The molecule has 1 aliphatic heterocycles. The Morgan fingerprint density at radius 2 is 1.93 bits per heavy atom. The second-order valence-electron chi connectivity index (χ2n) is 7.80. The number of hydrogen-bond acceptors (Lipinski definition) is 4. The first-order valence-electron chi connectivity index (χ1n) is 10.2. The Hall–Kier alpha value is -2.21. The Balaban J connectivity index is 1.38. The number of carbonyl (C=O) groups excluding carboxylic acids is 1. The van der Waals surface area contributed by atoms with Crippen LogP contribution in [0.3, 0.4) is 0 Å². The lowest BCUT2D eigenvalue weighted by molar-refractivity contribution is -0.137. The van der Waals surface area contributed by atoms with Crippen molar-refractivity contribution < 1.29 is 4.79 Å². The van der Waals surface area contributed by atoms with E-state index in [1.165, 1.54) is 18.4 Å². The van der Waals surface area contributed by atoms with Crippen molar-refractivity contribution in [1.82, 2.24) is 19.8 Å². The molecular weight excluding hydrogens is 340 g/mol.